The first-order valence-corrected chi connectivity index (χ1v) is 6.34. The van der Waals surface area contributed by atoms with Gasteiger partial charge in [0.15, 0.2) is 0 Å². The first-order valence-electron chi connectivity index (χ1n) is 6.34. The average molecular weight is 268 g/mol. The molecule has 0 aromatic heterocycles. The standard InChI is InChI=1S/C14H21FN2O2/c1-5-17(8-14(19)16-4)13-6-9(2)12(15)7-11(13)10(3)18/h6-7,10,18H,5,8H2,1-4H3,(H,16,19). The molecule has 1 aromatic rings. The van der Waals surface area contributed by atoms with Gasteiger partial charge in [0.05, 0.1) is 12.6 Å². The van der Waals surface area contributed by atoms with Crippen molar-refractivity contribution in [3.63, 3.8) is 0 Å². The van der Waals surface area contributed by atoms with Gasteiger partial charge in [0, 0.05) is 24.8 Å². The lowest BCUT2D eigenvalue weighted by atomic mass is 10.0. The molecule has 0 saturated carbocycles. The van der Waals surface area contributed by atoms with Crippen LogP contribution in [-0.2, 0) is 4.79 Å². The second kappa shape index (κ2) is 6.52. The largest absolute Gasteiger partial charge is 0.389 e. The Morgan fingerprint density at radius 2 is 2.16 bits per heavy atom. The van der Waals surface area contributed by atoms with Crippen LogP contribution in [0.5, 0.6) is 0 Å². The molecule has 1 unspecified atom stereocenters. The number of amides is 1. The van der Waals surface area contributed by atoms with E-state index in [1.165, 1.54) is 6.07 Å². The summed E-state index contributed by atoms with van der Waals surface area (Å²) in [4.78, 5) is 13.3. The maximum Gasteiger partial charge on any atom is 0.239 e. The molecule has 106 valence electrons. The van der Waals surface area contributed by atoms with E-state index in [1.807, 2.05) is 11.8 Å². The molecule has 0 spiro atoms. The van der Waals surface area contributed by atoms with Crippen LogP contribution < -0.4 is 10.2 Å². The molecule has 19 heavy (non-hydrogen) atoms. The van der Waals surface area contributed by atoms with Crippen molar-refractivity contribution < 1.29 is 14.3 Å². The van der Waals surface area contributed by atoms with Gasteiger partial charge in [-0.05, 0) is 38.5 Å². The van der Waals surface area contributed by atoms with Gasteiger partial charge >= 0.3 is 0 Å². The molecule has 5 heteroatoms. The summed E-state index contributed by atoms with van der Waals surface area (Å²) in [5, 5.41) is 12.3. The molecule has 0 aliphatic heterocycles. The molecule has 1 rings (SSSR count). The van der Waals surface area contributed by atoms with Crippen LogP contribution in [0.1, 0.15) is 31.1 Å². The van der Waals surface area contributed by atoms with Crippen molar-refractivity contribution in [3.8, 4) is 0 Å². The van der Waals surface area contributed by atoms with E-state index in [-0.39, 0.29) is 18.3 Å². The van der Waals surface area contributed by atoms with E-state index in [1.54, 1.807) is 27.0 Å². The van der Waals surface area contributed by atoms with Crippen molar-refractivity contribution in [2.75, 3.05) is 25.0 Å². The summed E-state index contributed by atoms with van der Waals surface area (Å²) in [6.07, 6.45) is -0.788. The fourth-order valence-electron chi connectivity index (χ4n) is 1.91. The van der Waals surface area contributed by atoms with Crippen LogP contribution in [-0.4, -0.2) is 31.2 Å². The molecule has 4 nitrogen and oxygen atoms in total. The van der Waals surface area contributed by atoms with Gasteiger partial charge in [-0.15, -0.1) is 0 Å². The molecule has 1 aromatic carbocycles. The smallest absolute Gasteiger partial charge is 0.239 e. The van der Waals surface area contributed by atoms with E-state index in [2.05, 4.69) is 5.32 Å². The lowest BCUT2D eigenvalue weighted by Gasteiger charge is -2.26. The van der Waals surface area contributed by atoms with Gasteiger partial charge in [0.2, 0.25) is 5.91 Å². The van der Waals surface area contributed by atoms with E-state index < -0.39 is 6.10 Å². The van der Waals surface area contributed by atoms with E-state index in [0.717, 1.165) is 0 Å². The van der Waals surface area contributed by atoms with Gasteiger partial charge in [-0.1, -0.05) is 0 Å². The van der Waals surface area contributed by atoms with E-state index >= 15 is 0 Å². The third kappa shape index (κ3) is 3.67. The molecule has 2 N–H and O–H groups in total. The molecule has 0 heterocycles. The number of nitrogens with zero attached hydrogens (tertiary/aromatic N) is 1. The number of hydrogen-bond acceptors (Lipinski definition) is 3. The maximum atomic E-state index is 13.6. The first-order chi connectivity index (χ1) is 8.90. The molecule has 0 saturated heterocycles. The molecular weight excluding hydrogens is 247 g/mol. The van der Waals surface area contributed by atoms with Crippen molar-refractivity contribution in [2.45, 2.75) is 26.9 Å². The molecule has 0 radical (unpaired) electrons. The van der Waals surface area contributed by atoms with E-state index in [4.69, 9.17) is 0 Å². The SMILES string of the molecule is CCN(CC(=O)NC)c1cc(C)c(F)cc1C(C)O. The predicted molar refractivity (Wildman–Crippen MR) is 73.7 cm³/mol. The number of aliphatic hydroxyl groups excluding tert-OH is 1. The van der Waals surface area contributed by atoms with Crippen molar-refractivity contribution in [1.82, 2.24) is 5.32 Å². The Morgan fingerprint density at radius 1 is 1.53 bits per heavy atom. The molecule has 0 aliphatic carbocycles. The first kappa shape index (κ1) is 15.4. The van der Waals surface area contributed by atoms with Crippen molar-refractivity contribution >= 4 is 11.6 Å². The second-order valence-corrected chi connectivity index (χ2v) is 4.52. The number of rotatable bonds is 5. The highest BCUT2D eigenvalue weighted by Crippen LogP contribution is 2.29. The van der Waals surface area contributed by atoms with Crippen LogP contribution in [0, 0.1) is 12.7 Å². The Bertz CT molecular complexity index is 461. The third-order valence-corrected chi connectivity index (χ3v) is 3.09. The Morgan fingerprint density at radius 3 is 2.63 bits per heavy atom. The summed E-state index contributed by atoms with van der Waals surface area (Å²) in [5.74, 6) is -0.476. The number of benzene rings is 1. The number of nitrogens with one attached hydrogen (secondary N) is 1. The Labute approximate surface area is 113 Å². The molecule has 1 amide bonds. The maximum absolute atomic E-state index is 13.6. The lowest BCUT2D eigenvalue weighted by Crippen LogP contribution is -2.36. The topological polar surface area (TPSA) is 52.6 Å². The van der Waals surface area contributed by atoms with E-state index in [9.17, 15) is 14.3 Å². The van der Waals surface area contributed by atoms with Crippen molar-refractivity contribution in [1.29, 1.82) is 0 Å². The summed E-state index contributed by atoms with van der Waals surface area (Å²) in [7, 11) is 1.57. The van der Waals surface area contributed by atoms with Crippen molar-refractivity contribution in [2.24, 2.45) is 0 Å². The highest BCUT2D eigenvalue weighted by molar-refractivity contribution is 5.81. The van der Waals surface area contributed by atoms with Gasteiger partial charge in [-0.25, -0.2) is 4.39 Å². The van der Waals surface area contributed by atoms with Gasteiger partial charge in [-0.2, -0.15) is 0 Å². The Kier molecular flexibility index (Phi) is 5.30. The number of carbonyl (C=O) groups is 1. The molecule has 1 atom stereocenters. The fraction of sp³-hybridized carbons (Fsp3) is 0.500. The minimum absolute atomic E-state index is 0.125. The van der Waals surface area contributed by atoms with E-state index in [0.29, 0.717) is 23.4 Å². The monoisotopic (exact) mass is 268 g/mol. The van der Waals surface area contributed by atoms with Crippen LogP contribution in [0.2, 0.25) is 0 Å². The number of hydrogen-bond donors (Lipinski definition) is 2. The van der Waals surface area contributed by atoms with Crippen LogP contribution >= 0.6 is 0 Å². The number of aryl methyl sites for hydroxylation is 1. The molecule has 0 fully saturated rings. The fourth-order valence-corrected chi connectivity index (χ4v) is 1.91. The molecule has 0 aliphatic rings. The van der Waals surface area contributed by atoms with Gasteiger partial charge in [-0.3, -0.25) is 4.79 Å². The lowest BCUT2D eigenvalue weighted by molar-refractivity contribution is -0.119. The summed E-state index contributed by atoms with van der Waals surface area (Å²) < 4.78 is 13.6. The Hall–Kier alpha value is -1.62. The highest BCUT2D eigenvalue weighted by atomic mass is 19.1. The van der Waals surface area contributed by atoms with Gasteiger partial charge in [0.25, 0.3) is 0 Å². The average Bonchev–Trinajstić information content (AvgIpc) is 2.38. The minimum atomic E-state index is -0.788. The zero-order valence-electron chi connectivity index (χ0n) is 11.8. The van der Waals surface area contributed by atoms with Crippen LogP contribution in [0.4, 0.5) is 10.1 Å². The normalized spacial score (nSPS) is 12.1. The highest BCUT2D eigenvalue weighted by Gasteiger charge is 2.17. The van der Waals surface area contributed by atoms with Gasteiger partial charge in [0.1, 0.15) is 5.82 Å². The zero-order chi connectivity index (χ0) is 14.6. The third-order valence-electron chi connectivity index (χ3n) is 3.09. The summed E-state index contributed by atoms with van der Waals surface area (Å²) in [6, 6.07) is 3.01. The number of likely N-dealkylation sites (N-methyl/N-ethyl adjacent to an activating group) is 2. The number of anilines is 1. The van der Waals surface area contributed by atoms with Crippen LogP contribution in [0.15, 0.2) is 12.1 Å². The van der Waals surface area contributed by atoms with Crippen LogP contribution in [0.25, 0.3) is 0 Å². The van der Waals surface area contributed by atoms with Crippen molar-refractivity contribution in [3.05, 3.63) is 29.1 Å². The molecule has 0 bridgehead atoms. The minimum Gasteiger partial charge on any atom is -0.389 e. The summed E-state index contributed by atoms with van der Waals surface area (Å²) >= 11 is 0. The Balaban J connectivity index is 3.21. The number of carbonyl (C=O) groups excluding carboxylic acids is 1. The number of halogens is 1. The summed E-state index contributed by atoms with van der Waals surface area (Å²) in [6.45, 7) is 5.93. The quantitative estimate of drug-likeness (QED) is 0.855. The van der Waals surface area contributed by atoms with Gasteiger partial charge < -0.3 is 15.3 Å². The molecular formula is C14H21FN2O2. The second-order valence-electron chi connectivity index (χ2n) is 4.52. The predicted octanol–water partition coefficient (Wildman–Crippen LogP) is 1.76. The number of aliphatic hydroxyl groups is 1. The summed E-state index contributed by atoms with van der Waals surface area (Å²) in [5.41, 5.74) is 1.68. The van der Waals surface area contributed by atoms with Crippen LogP contribution in [0.3, 0.4) is 0 Å². The zero-order valence-corrected chi connectivity index (χ0v) is 11.8.